The van der Waals surface area contributed by atoms with E-state index in [-0.39, 0.29) is 0 Å². The lowest BCUT2D eigenvalue weighted by atomic mass is 9.98. The van der Waals surface area contributed by atoms with Gasteiger partial charge in [-0.3, -0.25) is 9.88 Å². The molecule has 1 fully saturated rings. The van der Waals surface area contributed by atoms with Crippen molar-refractivity contribution in [2.75, 3.05) is 26.2 Å². The largest absolute Gasteiger partial charge is 0.296 e. The van der Waals surface area contributed by atoms with Crippen molar-refractivity contribution >= 4 is 27.0 Å². The van der Waals surface area contributed by atoms with E-state index in [0.29, 0.717) is 24.4 Å². The van der Waals surface area contributed by atoms with Crippen LogP contribution in [0.5, 0.6) is 0 Å². The molecular formula is C24H25N3O2S. The number of para-hydroxylation sites is 1. The Bertz CT molecular complexity index is 1210. The molecule has 5 nitrogen and oxygen atoms in total. The van der Waals surface area contributed by atoms with E-state index in [4.69, 9.17) is 0 Å². The quantitative estimate of drug-likeness (QED) is 0.648. The Morgan fingerprint density at radius 2 is 1.67 bits per heavy atom. The molecule has 2 aromatic carbocycles. The van der Waals surface area contributed by atoms with Crippen LogP contribution in [0.1, 0.15) is 23.1 Å². The molecule has 0 N–H and O–H groups in total. The molecule has 0 amide bonds. The summed E-state index contributed by atoms with van der Waals surface area (Å²) in [5.74, 6) is 0. The van der Waals surface area contributed by atoms with E-state index >= 15 is 0 Å². The number of aromatic nitrogens is 1. The summed E-state index contributed by atoms with van der Waals surface area (Å²) in [6, 6.07) is 18.3. The molecule has 6 heteroatoms. The van der Waals surface area contributed by atoms with E-state index in [2.05, 4.69) is 40.2 Å². The predicted molar refractivity (Wildman–Crippen MR) is 120 cm³/mol. The van der Waals surface area contributed by atoms with Crippen LogP contribution in [0.2, 0.25) is 0 Å². The van der Waals surface area contributed by atoms with Crippen LogP contribution in [0.4, 0.5) is 0 Å². The number of hydrogen-bond acceptors (Lipinski definition) is 4. The Morgan fingerprint density at radius 3 is 2.53 bits per heavy atom. The van der Waals surface area contributed by atoms with E-state index in [0.717, 1.165) is 42.5 Å². The molecule has 0 radical (unpaired) electrons. The summed E-state index contributed by atoms with van der Waals surface area (Å²) in [5.41, 5.74) is 4.48. The molecule has 30 heavy (non-hydrogen) atoms. The second-order valence-corrected chi connectivity index (χ2v) is 9.97. The molecule has 0 spiro atoms. The molecule has 2 heterocycles. The van der Waals surface area contributed by atoms with Crippen LogP contribution in [-0.2, 0) is 23.0 Å². The molecule has 154 valence electrons. The fraction of sp³-hybridized carbons (Fsp3) is 0.292. The van der Waals surface area contributed by atoms with Crippen LogP contribution in [0, 0.1) is 0 Å². The van der Waals surface area contributed by atoms with Gasteiger partial charge in [-0.25, -0.2) is 8.42 Å². The lowest BCUT2D eigenvalue weighted by Crippen LogP contribution is -2.48. The van der Waals surface area contributed by atoms with Gasteiger partial charge in [0.25, 0.3) is 0 Å². The highest BCUT2D eigenvalue weighted by molar-refractivity contribution is 7.93. The number of nitrogens with zero attached hydrogens (tertiary/aromatic N) is 3. The maximum absolute atomic E-state index is 13.2. The monoisotopic (exact) mass is 419 g/mol. The Labute approximate surface area is 177 Å². The second kappa shape index (κ2) is 7.95. The first-order chi connectivity index (χ1) is 14.6. The molecule has 1 saturated heterocycles. The SMILES string of the molecule is O=S(=O)(C1=Cc2ccccc2CC1)N1CCN(Cc2cccc3cccnc23)CC1. The number of aryl methyl sites for hydroxylation is 1. The van der Waals surface area contributed by atoms with E-state index < -0.39 is 10.0 Å². The van der Waals surface area contributed by atoms with Gasteiger partial charge in [0.2, 0.25) is 10.0 Å². The summed E-state index contributed by atoms with van der Waals surface area (Å²) >= 11 is 0. The van der Waals surface area contributed by atoms with Gasteiger partial charge < -0.3 is 0 Å². The summed E-state index contributed by atoms with van der Waals surface area (Å²) < 4.78 is 28.1. The smallest absolute Gasteiger partial charge is 0.239 e. The van der Waals surface area contributed by atoms with E-state index in [9.17, 15) is 8.42 Å². The molecule has 3 aromatic rings. The number of allylic oxidation sites excluding steroid dienone is 1. The number of fused-ring (bicyclic) bond motifs is 2. The van der Waals surface area contributed by atoms with Gasteiger partial charge in [-0.15, -0.1) is 0 Å². The molecular weight excluding hydrogens is 394 g/mol. The van der Waals surface area contributed by atoms with E-state index in [1.165, 1.54) is 11.1 Å². The lowest BCUT2D eigenvalue weighted by molar-refractivity contribution is 0.182. The summed E-state index contributed by atoms with van der Waals surface area (Å²) in [6.07, 6.45) is 5.06. The fourth-order valence-electron chi connectivity index (χ4n) is 4.44. The van der Waals surface area contributed by atoms with Gasteiger partial charge in [-0.05, 0) is 41.7 Å². The van der Waals surface area contributed by atoms with Crippen molar-refractivity contribution in [1.29, 1.82) is 0 Å². The predicted octanol–water partition coefficient (Wildman–Crippen LogP) is 3.67. The van der Waals surface area contributed by atoms with Crippen LogP contribution in [0.25, 0.3) is 17.0 Å². The highest BCUT2D eigenvalue weighted by atomic mass is 32.2. The molecule has 0 bridgehead atoms. The summed E-state index contributed by atoms with van der Waals surface area (Å²) in [6.45, 7) is 3.30. The topological polar surface area (TPSA) is 53.5 Å². The zero-order valence-corrected chi connectivity index (χ0v) is 17.7. The molecule has 1 aromatic heterocycles. The van der Waals surface area contributed by atoms with Crippen LogP contribution < -0.4 is 0 Å². The third-order valence-corrected chi connectivity index (χ3v) is 8.15. The summed E-state index contributed by atoms with van der Waals surface area (Å²) in [4.78, 5) is 7.41. The van der Waals surface area contributed by atoms with Gasteiger partial charge >= 0.3 is 0 Å². The molecule has 1 aliphatic heterocycles. The number of sulfonamides is 1. The summed E-state index contributed by atoms with van der Waals surface area (Å²) in [7, 11) is -3.40. The maximum atomic E-state index is 13.2. The van der Waals surface area contributed by atoms with Gasteiger partial charge in [0.1, 0.15) is 0 Å². The van der Waals surface area contributed by atoms with Gasteiger partial charge in [-0.1, -0.05) is 48.5 Å². The van der Waals surface area contributed by atoms with Crippen molar-refractivity contribution in [3.63, 3.8) is 0 Å². The average Bonchev–Trinajstić information content (AvgIpc) is 2.79. The van der Waals surface area contributed by atoms with Crippen molar-refractivity contribution < 1.29 is 8.42 Å². The maximum Gasteiger partial charge on any atom is 0.239 e. The Morgan fingerprint density at radius 1 is 0.867 bits per heavy atom. The zero-order valence-electron chi connectivity index (χ0n) is 16.9. The minimum absolute atomic E-state index is 0.527. The number of piperazine rings is 1. The fourth-order valence-corrected chi connectivity index (χ4v) is 6.05. The molecule has 1 aliphatic carbocycles. The highest BCUT2D eigenvalue weighted by Crippen LogP contribution is 2.29. The summed E-state index contributed by atoms with van der Waals surface area (Å²) in [5, 5.41) is 1.14. The third kappa shape index (κ3) is 3.67. The van der Waals surface area contributed by atoms with Crippen molar-refractivity contribution in [1.82, 2.24) is 14.2 Å². The molecule has 0 saturated carbocycles. The van der Waals surface area contributed by atoms with Crippen molar-refractivity contribution in [2.45, 2.75) is 19.4 Å². The number of hydrogen-bond donors (Lipinski definition) is 0. The van der Waals surface area contributed by atoms with Crippen LogP contribution in [-0.4, -0.2) is 48.8 Å². The minimum atomic E-state index is -3.40. The molecule has 2 aliphatic rings. The lowest BCUT2D eigenvalue weighted by Gasteiger charge is -2.35. The third-order valence-electron chi connectivity index (χ3n) is 6.13. The zero-order chi connectivity index (χ0) is 20.6. The molecule has 0 unspecified atom stereocenters. The van der Waals surface area contributed by atoms with Crippen molar-refractivity contribution in [2.24, 2.45) is 0 Å². The molecule has 0 atom stereocenters. The Hall–Kier alpha value is -2.54. The first-order valence-corrected chi connectivity index (χ1v) is 11.9. The normalized spacial score (nSPS) is 18.2. The number of pyridine rings is 1. The van der Waals surface area contributed by atoms with E-state index in [1.54, 1.807) is 4.31 Å². The standard InChI is InChI=1S/C24H25N3O2S/c28-30(29,23-11-10-19-5-1-2-6-21(19)17-23)27-15-13-26(14-16-27)18-22-8-3-7-20-9-4-12-25-24(20)22/h1-9,12,17H,10-11,13-16,18H2. The first-order valence-electron chi connectivity index (χ1n) is 10.4. The number of benzene rings is 2. The average molecular weight is 420 g/mol. The minimum Gasteiger partial charge on any atom is -0.296 e. The van der Waals surface area contributed by atoms with Crippen molar-refractivity contribution in [3.8, 4) is 0 Å². The first kappa shape index (κ1) is 19.4. The van der Waals surface area contributed by atoms with Gasteiger partial charge in [0, 0.05) is 44.3 Å². The highest BCUT2D eigenvalue weighted by Gasteiger charge is 2.31. The van der Waals surface area contributed by atoms with Gasteiger partial charge in [-0.2, -0.15) is 4.31 Å². The van der Waals surface area contributed by atoms with Crippen LogP contribution in [0.3, 0.4) is 0 Å². The number of rotatable bonds is 4. The van der Waals surface area contributed by atoms with Crippen LogP contribution >= 0.6 is 0 Å². The molecule has 5 rings (SSSR count). The second-order valence-electron chi connectivity index (χ2n) is 7.98. The van der Waals surface area contributed by atoms with Gasteiger partial charge in [0.15, 0.2) is 0 Å². The van der Waals surface area contributed by atoms with Crippen molar-refractivity contribution in [3.05, 3.63) is 82.4 Å². The van der Waals surface area contributed by atoms with E-state index in [1.807, 2.05) is 36.5 Å². The van der Waals surface area contributed by atoms with Gasteiger partial charge in [0.05, 0.1) is 10.4 Å². The van der Waals surface area contributed by atoms with Crippen LogP contribution in [0.15, 0.2) is 65.7 Å². The Balaban J connectivity index is 1.28. The Kier molecular flexibility index (Phi) is 5.15.